The number of hydrogen-bond donors (Lipinski definition) is 1. The topological polar surface area (TPSA) is 48.7 Å². The molecular formula is C10H9Cl4N3O. The fourth-order valence-electron chi connectivity index (χ4n) is 1.70. The predicted octanol–water partition coefficient (Wildman–Crippen LogP) is 3.38. The highest BCUT2D eigenvalue weighted by molar-refractivity contribution is 6.68. The molecule has 98 valence electrons. The van der Waals surface area contributed by atoms with E-state index in [1.807, 2.05) is 0 Å². The summed E-state index contributed by atoms with van der Waals surface area (Å²) in [5, 5.41) is 16.2. The summed E-state index contributed by atoms with van der Waals surface area (Å²) in [4.78, 5) is 4.05. The van der Waals surface area contributed by atoms with E-state index >= 15 is 0 Å². The van der Waals surface area contributed by atoms with Gasteiger partial charge in [0.05, 0.1) is 5.02 Å². The van der Waals surface area contributed by atoms with Crippen LogP contribution in [0.1, 0.15) is 13.3 Å². The van der Waals surface area contributed by atoms with E-state index in [2.05, 4.69) is 10.1 Å². The fraction of sp³-hybridized carbons (Fsp3) is 0.400. The van der Waals surface area contributed by atoms with Crippen LogP contribution in [0.3, 0.4) is 0 Å². The molecule has 1 unspecified atom stereocenters. The van der Waals surface area contributed by atoms with Gasteiger partial charge in [0.15, 0.2) is 5.82 Å². The Hall–Kier alpha value is -0.260. The average molecular weight is 329 g/mol. The summed E-state index contributed by atoms with van der Waals surface area (Å²) in [7, 11) is 0. The van der Waals surface area contributed by atoms with Crippen LogP contribution in [0.4, 0.5) is 5.82 Å². The van der Waals surface area contributed by atoms with Gasteiger partial charge in [-0.05, 0) is 19.1 Å². The van der Waals surface area contributed by atoms with Crippen LogP contribution in [0.2, 0.25) is 5.02 Å². The summed E-state index contributed by atoms with van der Waals surface area (Å²) in [5.74, 6) is 0.241. The van der Waals surface area contributed by atoms with E-state index in [1.165, 1.54) is 6.20 Å². The first-order chi connectivity index (χ1) is 8.25. The molecule has 1 aliphatic rings. The number of nitrogens with zero attached hydrogens (tertiary/aromatic N) is 3. The highest BCUT2D eigenvalue weighted by Crippen LogP contribution is 2.47. The van der Waals surface area contributed by atoms with Gasteiger partial charge in [0.25, 0.3) is 0 Å². The van der Waals surface area contributed by atoms with E-state index in [4.69, 9.17) is 46.4 Å². The molecule has 0 spiro atoms. The number of hydrogen-bond acceptors (Lipinski definition) is 4. The van der Waals surface area contributed by atoms with E-state index in [1.54, 1.807) is 19.1 Å². The van der Waals surface area contributed by atoms with Crippen molar-refractivity contribution in [3.05, 3.63) is 23.4 Å². The third-order valence-electron chi connectivity index (χ3n) is 2.52. The Morgan fingerprint density at radius 3 is 2.67 bits per heavy atom. The number of anilines is 1. The van der Waals surface area contributed by atoms with Gasteiger partial charge in [0, 0.05) is 18.3 Å². The van der Waals surface area contributed by atoms with Crippen molar-refractivity contribution in [1.82, 2.24) is 4.98 Å². The van der Waals surface area contributed by atoms with Gasteiger partial charge in [-0.1, -0.05) is 46.4 Å². The van der Waals surface area contributed by atoms with Gasteiger partial charge in [-0.15, -0.1) is 0 Å². The maximum absolute atomic E-state index is 10.6. The third kappa shape index (κ3) is 2.28. The molecule has 1 atom stereocenters. The highest BCUT2D eigenvalue weighted by Gasteiger charge is 2.56. The molecule has 2 rings (SSSR count). The lowest BCUT2D eigenvalue weighted by Crippen LogP contribution is -2.53. The number of hydrazone groups is 1. The molecule has 0 radical (unpaired) electrons. The minimum absolute atomic E-state index is 0.0937. The van der Waals surface area contributed by atoms with Crippen molar-refractivity contribution in [3.63, 3.8) is 0 Å². The quantitative estimate of drug-likeness (QED) is 0.804. The number of rotatable bonds is 1. The third-order valence-corrected chi connectivity index (χ3v) is 3.72. The number of aromatic nitrogens is 1. The summed E-state index contributed by atoms with van der Waals surface area (Å²) in [6.07, 6.45) is 1.61. The van der Waals surface area contributed by atoms with Gasteiger partial charge in [0.2, 0.25) is 9.52 Å². The zero-order valence-electron chi connectivity index (χ0n) is 9.24. The van der Waals surface area contributed by atoms with Gasteiger partial charge >= 0.3 is 0 Å². The summed E-state index contributed by atoms with van der Waals surface area (Å²) in [5.41, 5.74) is -1.19. The van der Waals surface area contributed by atoms with Gasteiger partial charge < -0.3 is 5.11 Å². The Kier molecular flexibility index (Phi) is 3.69. The maximum Gasteiger partial charge on any atom is 0.239 e. The summed E-state index contributed by atoms with van der Waals surface area (Å²) < 4.78 is -1.95. The highest BCUT2D eigenvalue weighted by atomic mass is 35.6. The van der Waals surface area contributed by atoms with E-state index < -0.39 is 9.52 Å². The van der Waals surface area contributed by atoms with Crippen molar-refractivity contribution in [3.8, 4) is 0 Å². The van der Waals surface area contributed by atoms with Crippen LogP contribution >= 0.6 is 46.4 Å². The molecule has 4 nitrogen and oxygen atoms in total. The zero-order valence-corrected chi connectivity index (χ0v) is 12.3. The van der Waals surface area contributed by atoms with E-state index in [-0.39, 0.29) is 12.2 Å². The number of halogens is 4. The molecule has 1 aliphatic heterocycles. The van der Waals surface area contributed by atoms with E-state index in [9.17, 15) is 5.11 Å². The van der Waals surface area contributed by atoms with E-state index in [0.29, 0.717) is 10.7 Å². The lowest BCUT2D eigenvalue weighted by atomic mass is 10.1. The van der Waals surface area contributed by atoms with Crippen molar-refractivity contribution in [1.29, 1.82) is 0 Å². The van der Waals surface area contributed by atoms with Crippen LogP contribution in [-0.2, 0) is 0 Å². The van der Waals surface area contributed by atoms with Crippen molar-refractivity contribution in [2.75, 3.05) is 5.01 Å². The van der Waals surface area contributed by atoms with E-state index in [0.717, 1.165) is 5.01 Å². The molecule has 1 aromatic rings. The van der Waals surface area contributed by atoms with Gasteiger partial charge in [0.1, 0.15) is 0 Å². The Morgan fingerprint density at radius 2 is 2.11 bits per heavy atom. The standard InChI is InChI=1S/C10H9Cl4N3O/c1-6-5-9(18,10(12,13)14)17(16-6)8-7(11)3-2-4-15-8/h2-4,18H,5H2,1H3. The fourth-order valence-corrected chi connectivity index (χ4v) is 2.34. The summed E-state index contributed by atoms with van der Waals surface area (Å²) in [6.45, 7) is 1.72. The molecule has 0 bridgehead atoms. The molecule has 0 aliphatic carbocycles. The van der Waals surface area contributed by atoms with Crippen LogP contribution in [0.25, 0.3) is 0 Å². The lowest BCUT2D eigenvalue weighted by Gasteiger charge is -2.37. The lowest BCUT2D eigenvalue weighted by molar-refractivity contribution is 0.0557. The number of alkyl halides is 3. The average Bonchev–Trinajstić information content (AvgIpc) is 2.55. The van der Waals surface area contributed by atoms with Crippen molar-refractivity contribution < 1.29 is 5.11 Å². The molecule has 18 heavy (non-hydrogen) atoms. The molecule has 0 fully saturated rings. The second-order valence-electron chi connectivity index (χ2n) is 3.95. The Balaban J connectivity index is 2.51. The van der Waals surface area contributed by atoms with Crippen molar-refractivity contribution in [2.45, 2.75) is 22.9 Å². The molecule has 2 heterocycles. The molecule has 1 N–H and O–H groups in total. The normalized spacial score (nSPS) is 24.3. The SMILES string of the molecule is CC1=NN(c2ncccc2Cl)C(O)(C(Cl)(Cl)Cl)C1. The largest absolute Gasteiger partial charge is 0.365 e. The number of pyridine rings is 1. The Morgan fingerprint density at radius 1 is 1.44 bits per heavy atom. The molecule has 0 saturated carbocycles. The molecule has 0 amide bonds. The van der Waals surface area contributed by atoms with Crippen molar-refractivity contribution >= 4 is 57.9 Å². The summed E-state index contributed by atoms with van der Waals surface area (Å²) in [6, 6.07) is 3.28. The van der Waals surface area contributed by atoms with Crippen LogP contribution < -0.4 is 5.01 Å². The van der Waals surface area contributed by atoms with Gasteiger partial charge in [-0.2, -0.15) is 5.10 Å². The smallest absolute Gasteiger partial charge is 0.239 e. The summed E-state index contributed by atoms with van der Waals surface area (Å²) >= 11 is 23.5. The van der Waals surface area contributed by atoms with Crippen LogP contribution in [0, 0.1) is 0 Å². The monoisotopic (exact) mass is 327 g/mol. The predicted molar refractivity (Wildman–Crippen MR) is 74.7 cm³/mol. The minimum atomic E-state index is -1.95. The second-order valence-corrected chi connectivity index (χ2v) is 6.64. The minimum Gasteiger partial charge on any atom is -0.365 e. The first kappa shape index (κ1) is 14.2. The van der Waals surface area contributed by atoms with Crippen molar-refractivity contribution in [2.24, 2.45) is 5.10 Å². The molecular weight excluding hydrogens is 320 g/mol. The second kappa shape index (κ2) is 4.69. The van der Waals surface area contributed by atoms with Gasteiger partial charge in [-0.25, -0.2) is 9.99 Å². The molecule has 0 saturated heterocycles. The van der Waals surface area contributed by atoms with Gasteiger partial charge in [-0.3, -0.25) is 0 Å². The zero-order chi connectivity index (χ0) is 13.6. The van der Waals surface area contributed by atoms with Crippen LogP contribution in [0.5, 0.6) is 0 Å². The van der Waals surface area contributed by atoms with Crippen LogP contribution in [0.15, 0.2) is 23.4 Å². The molecule has 1 aromatic heterocycles. The molecule has 8 heteroatoms. The first-order valence-electron chi connectivity index (χ1n) is 4.99. The molecule has 0 aromatic carbocycles. The maximum atomic E-state index is 10.6. The van der Waals surface area contributed by atoms with Crippen LogP contribution in [-0.4, -0.2) is 25.3 Å². The Labute approximate surface area is 124 Å². The Bertz CT molecular complexity index is 502. The number of aliphatic hydroxyl groups is 1. The first-order valence-corrected chi connectivity index (χ1v) is 6.51.